The molecule has 1 aliphatic rings. The predicted molar refractivity (Wildman–Crippen MR) is 59.7 cm³/mol. The molecule has 2 heterocycles. The van der Waals surface area contributed by atoms with Gasteiger partial charge in [0.15, 0.2) is 0 Å². The molecular formula is C7H11IN4O. The third-order valence-corrected chi connectivity index (χ3v) is 2.09. The van der Waals surface area contributed by atoms with Gasteiger partial charge in [0.05, 0.1) is 0 Å². The number of anilines is 1. The van der Waals surface area contributed by atoms with Gasteiger partial charge in [-0.1, -0.05) is 0 Å². The SMILES string of the molecule is Cc1nnc2n(c1=O)CCN2C.I. The molecule has 0 saturated carbocycles. The van der Waals surface area contributed by atoms with Gasteiger partial charge < -0.3 is 4.90 Å². The average molecular weight is 294 g/mol. The van der Waals surface area contributed by atoms with Crippen molar-refractivity contribution in [1.29, 1.82) is 0 Å². The van der Waals surface area contributed by atoms with E-state index in [-0.39, 0.29) is 29.5 Å². The van der Waals surface area contributed by atoms with Crippen molar-refractivity contribution in [3.63, 3.8) is 0 Å². The van der Waals surface area contributed by atoms with Gasteiger partial charge in [-0.05, 0) is 6.92 Å². The van der Waals surface area contributed by atoms with Gasteiger partial charge in [-0.2, -0.15) is 0 Å². The minimum absolute atomic E-state index is 0. The summed E-state index contributed by atoms with van der Waals surface area (Å²) < 4.78 is 1.66. The molecule has 0 bridgehead atoms. The lowest BCUT2D eigenvalue weighted by Gasteiger charge is -2.07. The maximum Gasteiger partial charge on any atom is 0.276 e. The van der Waals surface area contributed by atoms with E-state index in [9.17, 15) is 4.79 Å². The first kappa shape index (κ1) is 10.4. The summed E-state index contributed by atoms with van der Waals surface area (Å²) in [5.41, 5.74) is 0.443. The molecule has 13 heavy (non-hydrogen) atoms. The van der Waals surface area contributed by atoms with Crippen LogP contribution in [0, 0.1) is 6.92 Å². The van der Waals surface area contributed by atoms with Crippen LogP contribution in [0.4, 0.5) is 5.95 Å². The molecule has 2 rings (SSSR count). The van der Waals surface area contributed by atoms with Crippen LogP contribution < -0.4 is 10.5 Å². The highest BCUT2D eigenvalue weighted by Crippen LogP contribution is 2.11. The van der Waals surface area contributed by atoms with Crippen molar-refractivity contribution >= 4 is 29.9 Å². The van der Waals surface area contributed by atoms with Gasteiger partial charge in [-0.15, -0.1) is 34.2 Å². The topological polar surface area (TPSA) is 51.0 Å². The second kappa shape index (κ2) is 3.60. The van der Waals surface area contributed by atoms with Crippen LogP contribution in [0.15, 0.2) is 4.79 Å². The van der Waals surface area contributed by atoms with Crippen LogP contribution in [0.25, 0.3) is 0 Å². The summed E-state index contributed by atoms with van der Waals surface area (Å²) in [4.78, 5) is 13.4. The molecule has 0 amide bonds. The highest BCUT2D eigenvalue weighted by Gasteiger charge is 2.18. The Morgan fingerprint density at radius 2 is 2.00 bits per heavy atom. The highest BCUT2D eigenvalue weighted by molar-refractivity contribution is 14.0. The number of aryl methyl sites for hydroxylation is 1. The molecule has 6 heteroatoms. The molecule has 5 nitrogen and oxygen atoms in total. The van der Waals surface area contributed by atoms with E-state index in [0.717, 1.165) is 13.1 Å². The van der Waals surface area contributed by atoms with Crippen LogP contribution in [0.2, 0.25) is 0 Å². The lowest BCUT2D eigenvalue weighted by Crippen LogP contribution is -2.23. The molecule has 1 aliphatic heterocycles. The maximum absolute atomic E-state index is 11.4. The molecule has 0 atom stereocenters. The summed E-state index contributed by atoms with van der Waals surface area (Å²) in [5.74, 6) is 0.672. The lowest BCUT2D eigenvalue weighted by molar-refractivity contribution is 0.725. The molecular weight excluding hydrogens is 283 g/mol. The molecule has 0 aliphatic carbocycles. The number of hydrogen-bond donors (Lipinski definition) is 0. The molecule has 0 fully saturated rings. The summed E-state index contributed by atoms with van der Waals surface area (Å²) in [6.45, 7) is 3.25. The molecule has 1 aromatic rings. The van der Waals surface area contributed by atoms with E-state index in [0.29, 0.717) is 11.6 Å². The summed E-state index contributed by atoms with van der Waals surface area (Å²) in [7, 11) is 1.91. The number of nitrogens with zero attached hydrogens (tertiary/aromatic N) is 4. The monoisotopic (exact) mass is 294 g/mol. The van der Waals surface area contributed by atoms with E-state index in [1.807, 2.05) is 11.9 Å². The number of hydrogen-bond acceptors (Lipinski definition) is 4. The fourth-order valence-electron chi connectivity index (χ4n) is 1.34. The number of aromatic nitrogens is 3. The third-order valence-electron chi connectivity index (χ3n) is 2.09. The molecule has 0 saturated heterocycles. The van der Waals surface area contributed by atoms with Crippen molar-refractivity contribution in [3.8, 4) is 0 Å². The second-order valence-electron chi connectivity index (χ2n) is 2.96. The van der Waals surface area contributed by atoms with Crippen LogP contribution in [0.3, 0.4) is 0 Å². The standard InChI is InChI=1S/C7H10N4O.HI/c1-5-6(12)11-4-3-10(2)7(11)9-8-5;/h3-4H2,1-2H3;1H. The lowest BCUT2D eigenvalue weighted by atomic mass is 10.5. The molecule has 0 spiro atoms. The van der Waals surface area contributed by atoms with E-state index >= 15 is 0 Å². The Kier molecular flexibility index (Phi) is 2.89. The zero-order chi connectivity index (χ0) is 8.72. The predicted octanol–water partition coefficient (Wildman–Crippen LogP) is 0.0145. The van der Waals surface area contributed by atoms with Crippen molar-refractivity contribution < 1.29 is 0 Å². The van der Waals surface area contributed by atoms with Gasteiger partial charge in [-0.3, -0.25) is 9.36 Å². The van der Waals surface area contributed by atoms with Crippen molar-refractivity contribution in [2.75, 3.05) is 18.5 Å². The highest BCUT2D eigenvalue weighted by atomic mass is 127. The van der Waals surface area contributed by atoms with Crippen molar-refractivity contribution in [3.05, 3.63) is 16.0 Å². The number of fused-ring (bicyclic) bond motifs is 1. The summed E-state index contributed by atoms with van der Waals surface area (Å²) in [6.07, 6.45) is 0. The van der Waals surface area contributed by atoms with Crippen molar-refractivity contribution in [2.45, 2.75) is 13.5 Å². The summed E-state index contributed by atoms with van der Waals surface area (Å²) >= 11 is 0. The van der Waals surface area contributed by atoms with Crippen LogP contribution >= 0.6 is 24.0 Å². The van der Waals surface area contributed by atoms with Gasteiger partial charge in [0, 0.05) is 20.1 Å². The molecule has 0 unspecified atom stereocenters. The Morgan fingerprint density at radius 1 is 1.31 bits per heavy atom. The maximum atomic E-state index is 11.4. The zero-order valence-electron chi connectivity index (χ0n) is 7.52. The fourth-order valence-corrected chi connectivity index (χ4v) is 1.34. The van der Waals surface area contributed by atoms with E-state index in [1.54, 1.807) is 11.5 Å². The molecule has 1 aromatic heterocycles. The Bertz CT molecular complexity index is 375. The minimum atomic E-state index is -0.0237. The van der Waals surface area contributed by atoms with Gasteiger partial charge >= 0.3 is 0 Å². The van der Waals surface area contributed by atoms with E-state index in [4.69, 9.17) is 0 Å². The number of rotatable bonds is 0. The smallest absolute Gasteiger partial charge is 0.276 e. The fraction of sp³-hybridized carbons (Fsp3) is 0.571. The van der Waals surface area contributed by atoms with Gasteiger partial charge in [-0.25, -0.2) is 0 Å². The van der Waals surface area contributed by atoms with Crippen LogP contribution in [-0.4, -0.2) is 28.4 Å². The van der Waals surface area contributed by atoms with E-state index in [1.165, 1.54) is 0 Å². The Labute approximate surface area is 92.8 Å². The first-order valence-electron chi connectivity index (χ1n) is 3.85. The molecule has 72 valence electrons. The molecule has 0 radical (unpaired) electrons. The van der Waals surface area contributed by atoms with E-state index in [2.05, 4.69) is 10.2 Å². The van der Waals surface area contributed by atoms with Gasteiger partial charge in [0.2, 0.25) is 5.95 Å². The average Bonchev–Trinajstić information content (AvgIpc) is 2.41. The van der Waals surface area contributed by atoms with Crippen LogP contribution in [0.5, 0.6) is 0 Å². The molecule has 0 N–H and O–H groups in total. The zero-order valence-corrected chi connectivity index (χ0v) is 9.85. The number of likely N-dealkylation sites (N-methyl/N-ethyl adjacent to an activating group) is 1. The second-order valence-corrected chi connectivity index (χ2v) is 2.96. The third kappa shape index (κ3) is 1.54. The largest absolute Gasteiger partial charge is 0.342 e. The first-order chi connectivity index (χ1) is 5.70. The Balaban J connectivity index is 0.000000845. The van der Waals surface area contributed by atoms with Gasteiger partial charge in [0.25, 0.3) is 5.56 Å². The van der Waals surface area contributed by atoms with Crippen LogP contribution in [-0.2, 0) is 6.54 Å². The minimum Gasteiger partial charge on any atom is -0.342 e. The van der Waals surface area contributed by atoms with Gasteiger partial charge in [0.1, 0.15) is 5.69 Å². The van der Waals surface area contributed by atoms with Crippen LogP contribution in [0.1, 0.15) is 5.69 Å². The Morgan fingerprint density at radius 3 is 2.69 bits per heavy atom. The van der Waals surface area contributed by atoms with E-state index < -0.39 is 0 Å². The first-order valence-corrected chi connectivity index (χ1v) is 3.85. The normalized spacial score (nSPS) is 13.8. The van der Waals surface area contributed by atoms with Crippen molar-refractivity contribution in [1.82, 2.24) is 14.8 Å². The quantitative estimate of drug-likeness (QED) is 0.633. The number of halogens is 1. The Hall–Kier alpha value is -0.660. The summed E-state index contributed by atoms with van der Waals surface area (Å²) in [5, 5.41) is 7.72. The summed E-state index contributed by atoms with van der Waals surface area (Å²) in [6, 6.07) is 0. The van der Waals surface area contributed by atoms with Crippen molar-refractivity contribution in [2.24, 2.45) is 0 Å². The molecule has 0 aromatic carbocycles.